The highest BCUT2D eigenvalue weighted by Gasteiger charge is 2.23. The second-order valence-corrected chi connectivity index (χ2v) is 10.9. The van der Waals surface area contributed by atoms with E-state index >= 15 is 0 Å². The number of aliphatic hydroxyl groups excluding tert-OH is 1. The van der Waals surface area contributed by atoms with Gasteiger partial charge in [0.05, 0.1) is 12.0 Å². The average molecular weight is 551 g/mol. The number of hydrogen-bond acceptors (Lipinski definition) is 6. The molecule has 0 bridgehead atoms. The van der Waals surface area contributed by atoms with Crippen LogP contribution in [0.4, 0.5) is 4.79 Å². The third-order valence-electron chi connectivity index (χ3n) is 6.50. The molecular weight excluding hydrogens is 500 g/mol. The lowest BCUT2D eigenvalue weighted by Crippen LogP contribution is -2.41. The number of ether oxygens (including phenoxy) is 1. The Hall–Kier alpha value is -2.94. The number of hydrogen-bond donors (Lipinski definition) is 4. The van der Waals surface area contributed by atoms with Crippen LogP contribution < -0.4 is 11.1 Å². The molecule has 0 unspecified atom stereocenters. The van der Waals surface area contributed by atoms with Gasteiger partial charge in [0.25, 0.3) is 0 Å². The largest absolute Gasteiger partial charge is 0.478 e. The second kappa shape index (κ2) is 20.0. The number of ketones is 1. The molecule has 0 aliphatic rings. The van der Waals surface area contributed by atoms with Crippen molar-refractivity contribution >= 4 is 23.8 Å². The summed E-state index contributed by atoms with van der Waals surface area (Å²) in [5.41, 5.74) is 7.03. The average Bonchev–Trinajstić information content (AvgIpc) is 2.79. The third kappa shape index (κ3) is 19.7. The first-order chi connectivity index (χ1) is 18.2. The van der Waals surface area contributed by atoms with Crippen LogP contribution in [0.1, 0.15) is 92.4 Å². The van der Waals surface area contributed by atoms with Crippen LogP contribution in [0.2, 0.25) is 0 Å². The molecular formula is C30H50N2O7. The maximum atomic E-state index is 12.3. The third-order valence-corrected chi connectivity index (χ3v) is 6.50. The summed E-state index contributed by atoms with van der Waals surface area (Å²) in [6.07, 6.45) is 9.67. The van der Waals surface area contributed by atoms with Crippen molar-refractivity contribution in [3.05, 3.63) is 36.0 Å². The lowest BCUT2D eigenvalue weighted by Gasteiger charge is -2.20. The van der Waals surface area contributed by atoms with Crippen LogP contribution in [0.5, 0.6) is 0 Å². The second-order valence-electron chi connectivity index (χ2n) is 10.9. The minimum atomic E-state index is -0.980. The van der Waals surface area contributed by atoms with Crippen LogP contribution in [0.25, 0.3) is 0 Å². The molecule has 0 heterocycles. The molecule has 9 nitrogen and oxygen atoms in total. The van der Waals surface area contributed by atoms with Gasteiger partial charge >= 0.3 is 12.1 Å². The number of carboxylic acid groups (broad SMARTS) is 1. The van der Waals surface area contributed by atoms with E-state index in [0.29, 0.717) is 12.3 Å². The zero-order chi connectivity index (χ0) is 30.0. The number of nitrogens with two attached hydrogens (primary N) is 1. The zero-order valence-corrected chi connectivity index (χ0v) is 24.4. The summed E-state index contributed by atoms with van der Waals surface area (Å²) in [4.78, 5) is 45.9. The molecule has 5 atom stereocenters. The van der Waals surface area contributed by atoms with Gasteiger partial charge in [0.1, 0.15) is 11.9 Å². The molecule has 0 fully saturated rings. The number of carboxylic acids is 1. The molecule has 222 valence electrons. The number of allylic oxidation sites excluding steroid dienone is 4. The zero-order valence-electron chi connectivity index (χ0n) is 24.4. The van der Waals surface area contributed by atoms with E-state index in [-0.39, 0.29) is 24.7 Å². The highest BCUT2D eigenvalue weighted by Crippen LogP contribution is 2.22. The van der Waals surface area contributed by atoms with Crippen molar-refractivity contribution in [2.45, 2.75) is 105 Å². The van der Waals surface area contributed by atoms with Gasteiger partial charge in [-0.3, -0.25) is 9.59 Å². The van der Waals surface area contributed by atoms with Crippen LogP contribution in [-0.2, 0) is 19.1 Å². The molecule has 0 spiro atoms. The van der Waals surface area contributed by atoms with E-state index in [2.05, 4.69) is 31.0 Å². The van der Waals surface area contributed by atoms with E-state index in [1.165, 1.54) is 11.6 Å². The molecule has 0 saturated carbocycles. The van der Waals surface area contributed by atoms with E-state index < -0.39 is 36.1 Å². The predicted octanol–water partition coefficient (Wildman–Crippen LogP) is 5.08. The lowest BCUT2D eigenvalue weighted by atomic mass is 9.93. The number of carbonyl (C=O) groups is 4. The van der Waals surface area contributed by atoms with Crippen molar-refractivity contribution in [3.63, 3.8) is 0 Å². The number of aliphatic hydroxyl groups is 1. The molecule has 0 rings (SSSR count). The highest BCUT2D eigenvalue weighted by molar-refractivity contribution is 5.81. The molecule has 0 saturated heterocycles. The normalized spacial score (nSPS) is 15.7. The van der Waals surface area contributed by atoms with Gasteiger partial charge < -0.3 is 26.0 Å². The minimum absolute atomic E-state index is 0.0338. The Morgan fingerprint density at radius 2 is 1.64 bits per heavy atom. The molecule has 5 N–H and O–H groups in total. The number of primary amides is 1. The summed E-state index contributed by atoms with van der Waals surface area (Å²) >= 11 is 0. The number of rotatable bonds is 21. The first kappa shape index (κ1) is 36.1. The Bertz CT molecular complexity index is 865. The lowest BCUT2D eigenvalue weighted by molar-refractivity contribution is -0.131. The molecule has 0 aliphatic heterocycles. The Morgan fingerprint density at radius 3 is 2.26 bits per heavy atom. The number of Topliss-reactive ketones (excluding diaryl/α,β-unsaturated/α-hetero) is 1. The molecule has 0 aromatic carbocycles. The van der Waals surface area contributed by atoms with Crippen LogP contribution in [0.15, 0.2) is 36.0 Å². The van der Waals surface area contributed by atoms with E-state index in [1.807, 2.05) is 13.8 Å². The first-order valence-electron chi connectivity index (χ1n) is 13.9. The maximum absolute atomic E-state index is 12.3. The van der Waals surface area contributed by atoms with Crippen LogP contribution in [-0.4, -0.2) is 52.7 Å². The predicted molar refractivity (Wildman–Crippen MR) is 153 cm³/mol. The summed E-state index contributed by atoms with van der Waals surface area (Å²) in [5.74, 6) is -1.47. The van der Waals surface area contributed by atoms with Gasteiger partial charge in [-0.05, 0) is 70.6 Å². The molecule has 2 amide bonds. The van der Waals surface area contributed by atoms with Crippen LogP contribution in [0.3, 0.4) is 0 Å². The Kier molecular flexibility index (Phi) is 18.5. The fourth-order valence-electron chi connectivity index (χ4n) is 4.34. The van der Waals surface area contributed by atoms with Gasteiger partial charge in [-0.1, -0.05) is 50.6 Å². The van der Waals surface area contributed by atoms with Crippen molar-refractivity contribution < 1.29 is 34.1 Å². The van der Waals surface area contributed by atoms with E-state index in [9.17, 15) is 24.3 Å². The minimum Gasteiger partial charge on any atom is -0.478 e. The van der Waals surface area contributed by atoms with Gasteiger partial charge in [0.15, 0.2) is 0 Å². The van der Waals surface area contributed by atoms with Crippen molar-refractivity contribution in [3.8, 4) is 0 Å². The molecule has 0 aromatic heterocycles. The summed E-state index contributed by atoms with van der Waals surface area (Å²) in [6.45, 7) is 13.2. The fourth-order valence-corrected chi connectivity index (χ4v) is 4.34. The molecule has 39 heavy (non-hydrogen) atoms. The van der Waals surface area contributed by atoms with Gasteiger partial charge in [-0.2, -0.15) is 0 Å². The van der Waals surface area contributed by atoms with Crippen molar-refractivity contribution in [2.24, 2.45) is 23.5 Å². The van der Waals surface area contributed by atoms with Gasteiger partial charge in [-0.25, -0.2) is 9.59 Å². The number of nitrogens with one attached hydrogen (secondary N) is 1. The van der Waals surface area contributed by atoms with Gasteiger partial charge in [0, 0.05) is 25.5 Å². The Balaban J connectivity index is 4.07. The monoisotopic (exact) mass is 550 g/mol. The number of amides is 2. The number of carbonyl (C=O) groups excluding carboxylic acids is 3. The highest BCUT2D eigenvalue weighted by atomic mass is 16.6. The van der Waals surface area contributed by atoms with Gasteiger partial charge in [0.2, 0.25) is 5.91 Å². The number of aliphatic carboxylic acids is 1. The van der Waals surface area contributed by atoms with Crippen molar-refractivity contribution in [1.82, 2.24) is 5.32 Å². The summed E-state index contributed by atoms with van der Waals surface area (Å²) < 4.78 is 4.79. The van der Waals surface area contributed by atoms with Crippen LogP contribution in [0, 0.1) is 17.8 Å². The molecule has 0 aliphatic carbocycles. The quantitative estimate of drug-likeness (QED) is 0.0882. The smallest absolute Gasteiger partial charge is 0.404 e. The Labute approximate surface area is 233 Å². The van der Waals surface area contributed by atoms with E-state index in [4.69, 9.17) is 15.6 Å². The van der Waals surface area contributed by atoms with Crippen molar-refractivity contribution in [2.75, 3.05) is 6.54 Å². The fraction of sp³-hybridized carbons (Fsp3) is 0.667. The van der Waals surface area contributed by atoms with E-state index in [0.717, 1.165) is 50.5 Å². The molecule has 0 radical (unpaired) electrons. The van der Waals surface area contributed by atoms with Gasteiger partial charge in [-0.15, -0.1) is 0 Å². The van der Waals surface area contributed by atoms with Crippen LogP contribution >= 0.6 is 0 Å². The summed E-state index contributed by atoms with van der Waals surface area (Å²) in [6, 6.07) is 0. The standard InChI is InChI=1S/C30H50N2O7/c1-20(14-22(3)15-23(4)17-28(35)36)12-10-8-7-9-11-13-21(2)16-26(33)18-27(34)19-32-29(37)24(5)25(6)39-30(31)38/h9,11,17,21-22,24-25,27,34H,1,7-8,10,12-16,18-19H2,2-6H3,(H2,31,38)(H,32,37)(H,35,36)/b11-9+,23-17+/t21-,22+,24+,25+,27+/m0/s1. The summed E-state index contributed by atoms with van der Waals surface area (Å²) in [7, 11) is 0. The van der Waals surface area contributed by atoms with E-state index in [1.54, 1.807) is 13.8 Å². The summed E-state index contributed by atoms with van der Waals surface area (Å²) in [5, 5.41) is 21.5. The molecule has 0 aromatic rings. The SMILES string of the molecule is C=C(CCCC/C=C/C[C@H](C)CC(=O)C[C@@H](O)CNC(=O)[C@H](C)[C@@H](C)OC(N)=O)C[C@@H](C)C/C(C)=C/C(=O)O. The number of unbranched alkanes of at least 4 members (excludes halogenated alkanes) is 2. The Morgan fingerprint density at radius 1 is 0.974 bits per heavy atom. The molecule has 9 heteroatoms. The first-order valence-corrected chi connectivity index (χ1v) is 13.9. The van der Waals surface area contributed by atoms with Crippen molar-refractivity contribution in [1.29, 1.82) is 0 Å². The topological polar surface area (TPSA) is 156 Å². The maximum Gasteiger partial charge on any atom is 0.404 e.